The molecule has 5 nitrogen and oxygen atoms in total. The Morgan fingerprint density at radius 3 is 2.79 bits per heavy atom. The number of carbonyl (C=O) groups is 1. The van der Waals surface area contributed by atoms with Gasteiger partial charge in [-0.15, -0.1) is 0 Å². The normalized spacial score (nSPS) is 10.4. The number of benzene rings is 2. The SMILES string of the molecule is COc1cccc(-c2cc(COC(=O)c3ccccc3F)no2)c1. The predicted octanol–water partition coefficient (Wildman–Crippen LogP) is 3.85. The molecule has 6 heteroatoms. The molecule has 2 aromatic carbocycles. The number of halogens is 1. The molecule has 0 fully saturated rings. The summed E-state index contributed by atoms with van der Waals surface area (Å²) in [4.78, 5) is 11.9. The van der Waals surface area contributed by atoms with Gasteiger partial charge in [-0.2, -0.15) is 0 Å². The molecule has 0 spiro atoms. The molecule has 0 unspecified atom stereocenters. The van der Waals surface area contributed by atoms with Gasteiger partial charge in [-0.3, -0.25) is 0 Å². The number of nitrogens with zero attached hydrogens (tertiary/aromatic N) is 1. The molecular weight excluding hydrogens is 313 g/mol. The smallest absolute Gasteiger partial charge is 0.341 e. The second kappa shape index (κ2) is 6.95. The van der Waals surface area contributed by atoms with Crippen LogP contribution in [-0.2, 0) is 11.3 Å². The minimum atomic E-state index is -0.751. The van der Waals surface area contributed by atoms with Crippen LogP contribution in [0.2, 0.25) is 0 Å². The average molecular weight is 327 g/mol. The number of ether oxygens (including phenoxy) is 2. The largest absolute Gasteiger partial charge is 0.497 e. The van der Waals surface area contributed by atoms with Gasteiger partial charge in [-0.1, -0.05) is 29.4 Å². The van der Waals surface area contributed by atoms with Gasteiger partial charge in [0.1, 0.15) is 23.9 Å². The maximum atomic E-state index is 13.5. The van der Waals surface area contributed by atoms with E-state index in [4.69, 9.17) is 14.0 Å². The van der Waals surface area contributed by atoms with Crippen LogP contribution < -0.4 is 4.74 Å². The second-order valence-corrected chi connectivity index (χ2v) is 4.97. The summed E-state index contributed by atoms with van der Waals surface area (Å²) in [5.41, 5.74) is 1.10. The molecule has 24 heavy (non-hydrogen) atoms. The zero-order valence-corrected chi connectivity index (χ0v) is 12.9. The van der Waals surface area contributed by atoms with E-state index < -0.39 is 11.8 Å². The summed E-state index contributed by atoms with van der Waals surface area (Å²) >= 11 is 0. The van der Waals surface area contributed by atoms with Crippen molar-refractivity contribution in [3.05, 3.63) is 71.7 Å². The number of esters is 1. The fourth-order valence-electron chi connectivity index (χ4n) is 2.14. The van der Waals surface area contributed by atoms with E-state index in [9.17, 15) is 9.18 Å². The molecule has 0 bridgehead atoms. The number of carbonyl (C=O) groups excluding carboxylic acids is 1. The van der Waals surface area contributed by atoms with E-state index in [2.05, 4.69) is 5.16 Å². The van der Waals surface area contributed by atoms with Crippen LogP contribution in [0.25, 0.3) is 11.3 Å². The topological polar surface area (TPSA) is 61.6 Å². The maximum absolute atomic E-state index is 13.5. The van der Waals surface area contributed by atoms with Crippen molar-refractivity contribution in [2.75, 3.05) is 7.11 Å². The highest BCUT2D eigenvalue weighted by Gasteiger charge is 2.14. The highest BCUT2D eigenvalue weighted by molar-refractivity contribution is 5.89. The van der Waals surface area contributed by atoms with Gasteiger partial charge >= 0.3 is 5.97 Å². The van der Waals surface area contributed by atoms with Gasteiger partial charge in [-0.05, 0) is 24.3 Å². The molecular formula is C18H14FNO4. The maximum Gasteiger partial charge on any atom is 0.341 e. The molecule has 122 valence electrons. The fourth-order valence-corrected chi connectivity index (χ4v) is 2.14. The van der Waals surface area contributed by atoms with Crippen LogP contribution in [0.3, 0.4) is 0 Å². The van der Waals surface area contributed by atoms with Gasteiger partial charge in [-0.25, -0.2) is 9.18 Å². The quantitative estimate of drug-likeness (QED) is 0.666. The molecule has 0 saturated heterocycles. The summed E-state index contributed by atoms with van der Waals surface area (Å²) in [5.74, 6) is -0.166. The van der Waals surface area contributed by atoms with Crippen LogP contribution >= 0.6 is 0 Å². The summed E-state index contributed by atoms with van der Waals surface area (Å²) in [7, 11) is 1.58. The Morgan fingerprint density at radius 2 is 2.00 bits per heavy atom. The van der Waals surface area contributed by atoms with Gasteiger partial charge in [0.15, 0.2) is 5.76 Å². The van der Waals surface area contributed by atoms with Gasteiger partial charge in [0.05, 0.1) is 12.7 Å². The van der Waals surface area contributed by atoms with Crippen LogP contribution in [0.5, 0.6) is 5.75 Å². The number of methoxy groups -OCH3 is 1. The highest BCUT2D eigenvalue weighted by Crippen LogP contribution is 2.24. The molecule has 3 rings (SSSR count). The first-order valence-corrected chi connectivity index (χ1v) is 7.19. The monoisotopic (exact) mass is 327 g/mol. The van der Waals surface area contributed by atoms with E-state index in [0.717, 1.165) is 5.56 Å². The van der Waals surface area contributed by atoms with E-state index in [1.54, 1.807) is 25.3 Å². The summed E-state index contributed by atoms with van der Waals surface area (Å²) in [5, 5.41) is 3.85. The van der Waals surface area contributed by atoms with E-state index in [0.29, 0.717) is 17.2 Å². The van der Waals surface area contributed by atoms with Gasteiger partial charge in [0.2, 0.25) is 0 Å². The Morgan fingerprint density at radius 1 is 1.17 bits per heavy atom. The second-order valence-electron chi connectivity index (χ2n) is 4.97. The van der Waals surface area contributed by atoms with Gasteiger partial charge in [0.25, 0.3) is 0 Å². The minimum absolute atomic E-state index is 0.110. The standard InChI is InChI=1S/C18H14FNO4/c1-22-14-6-4-5-12(9-14)17-10-13(20-24-17)11-23-18(21)15-7-2-3-8-16(15)19/h2-10H,11H2,1H3. The average Bonchev–Trinajstić information content (AvgIpc) is 3.09. The number of rotatable bonds is 5. The Labute approximate surface area is 137 Å². The molecule has 0 aliphatic heterocycles. The molecule has 0 saturated carbocycles. The van der Waals surface area contributed by atoms with Gasteiger partial charge in [0, 0.05) is 11.6 Å². The molecule has 3 aromatic rings. The summed E-state index contributed by atoms with van der Waals surface area (Å²) < 4.78 is 29.0. The van der Waals surface area contributed by atoms with Gasteiger partial charge < -0.3 is 14.0 Å². The summed E-state index contributed by atoms with van der Waals surface area (Å²) in [6, 6.07) is 14.6. The minimum Gasteiger partial charge on any atom is -0.497 e. The van der Waals surface area contributed by atoms with Crippen molar-refractivity contribution in [2.24, 2.45) is 0 Å². The van der Waals surface area contributed by atoms with Crippen LogP contribution in [-0.4, -0.2) is 18.2 Å². The fraction of sp³-hybridized carbons (Fsp3) is 0.111. The first kappa shape index (κ1) is 15.7. The van der Waals surface area contributed by atoms with E-state index in [-0.39, 0.29) is 12.2 Å². The Balaban J connectivity index is 1.68. The Bertz CT molecular complexity index is 859. The van der Waals surface area contributed by atoms with Crippen molar-refractivity contribution >= 4 is 5.97 Å². The Hall–Kier alpha value is -3.15. The van der Waals surface area contributed by atoms with Crippen LogP contribution in [0.4, 0.5) is 4.39 Å². The molecule has 0 aliphatic carbocycles. The first-order chi connectivity index (χ1) is 11.7. The Kier molecular flexibility index (Phi) is 4.56. The molecule has 0 N–H and O–H groups in total. The third-order valence-electron chi connectivity index (χ3n) is 3.36. The molecule has 1 aromatic heterocycles. The van der Waals surface area contributed by atoms with Crippen LogP contribution in [0.1, 0.15) is 16.1 Å². The number of hydrogen-bond acceptors (Lipinski definition) is 5. The van der Waals surface area contributed by atoms with Crippen molar-refractivity contribution in [1.29, 1.82) is 0 Å². The van der Waals surface area contributed by atoms with Crippen molar-refractivity contribution in [2.45, 2.75) is 6.61 Å². The summed E-state index contributed by atoms with van der Waals surface area (Å²) in [6.45, 7) is -0.110. The van der Waals surface area contributed by atoms with Crippen molar-refractivity contribution in [1.82, 2.24) is 5.16 Å². The highest BCUT2D eigenvalue weighted by atomic mass is 19.1. The first-order valence-electron chi connectivity index (χ1n) is 7.19. The zero-order valence-electron chi connectivity index (χ0n) is 12.9. The van der Waals surface area contributed by atoms with E-state index in [1.807, 2.05) is 18.2 Å². The number of hydrogen-bond donors (Lipinski definition) is 0. The van der Waals surface area contributed by atoms with Crippen LogP contribution in [0.15, 0.2) is 59.1 Å². The molecule has 1 heterocycles. The molecule has 0 atom stereocenters. The third-order valence-corrected chi connectivity index (χ3v) is 3.36. The van der Waals surface area contributed by atoms with Crippen molar-refractivity contribution in [3.63, 3.8) is 0 Å². The third kappa shape index (κ3) is 3.43. The van der Waals surface area contributed by atoms with Crippen molar-refractivity contribution < 1.29 is 23.2 Å². The molecule has 0 radical (unpaired) electrons. The van der Waals surface area contributed by atoms with Crippen molar-refractivity contribution in [3.8, 4) is 17.1 Å². The lowest BCUT2D eigenvalue weighted by atomic mass is 10.1. The summed E-state index contributed by atoms with van der Waals surface area (Å²) in [6.07, 6.45) is 0. The lowest BCUT2D eigenvalue weighted by molar-refractivity contribution is 0.0459. The lowest BCUT2D eigenvalue weighted by Crippen LogP contribution is -2.07. The zero-order chi connectivity index (χ0) is 16.9. The van der Waals surface area contributed by atoms with Crippen LogP contribution in [0, 0.1) is 5.82 Å². The molecule has 0 aliphatic rings. The predicted molar refractivity (Wildman–Crippen MR) is 84.0 cm³/mol. The van der Waals surface area contributed by atoms with E-state index in [1.165, 1.54) is 18.2 Å². The lowest BCUT2D eigenvalue weighted by Gasteiger charge is -2.03. The number of aromatic nitrogens is 1. The van der Waals surface area contributed by atoms with E-state index >= 15 is 0 Å². The molecule has 0 amide bonds.